The Hall–Kier alpha value is -0.690. The molecule has 0 aromatic heterocycles. The molecule has 0 radical (unpaired) electrons. The van der Waals surface area contributed by atoms with E-state index >= 15 is 0 Å². The first-order valence-electron chi connectivity index (χ1n) is 5.90. The summed E-state index contributed by atoms with van der Waals surface area (Å²) < 4.78 is 39.0. The average molecular weight is 308 g/mol. The van der Waals surface area contributed by atoms with Crippen LogP contribution in [-0.2, 0) is 10.0 Å². The summed E-state index contributed by atoms with van der Waals surface area (Å²) in [4.78, 5) is -0.0274. The number of aliphatic hydroxyl groups is 1. The maximum atomic E-state index is 13.1. The number of hydrogen-bond acceptors (Lipinski definition) is 3. The zero-order chi connectivity index (χ0) is 14.3. The van der Waals surface area contributed by atoms with Crippen LogP contribution in [0.15, 0.2) is 23.1 Å². The van der Waals surface area contributed by atoms with E-state index in [1.807, 2.05) is 0 Å². The fourth-order valence-electron chi connectivity index (χ4n) is 1.99. The van der Waals surface area contributed by atoms with Gasteiger partial charge in [0.1, 0.15) is 5.82 Å². The monoisotopic (exact) mass is 307 g/mol. The van der Waals surface area contributed by atoms with E-state index in [1.165, 1.54) is 10.4 Å². The summed E-state index contributed by atoms with van der Waals surface area (Å²) in [5.74, 6) is -0.651. The Morgan fingerprint density at radius 1 is 1.37 bits per heavy atom. The van der Waals surface area contributed by atoms with Crippen LogP contribution in [0.5, 0.6) is 0 Å². The Kier molecular flexibility index (Phi) is 3.88. The van der Waals surface area contributed by atoms with E-state index in [0.29, 0.717) is 12.8 Å². The van der Waals surface area contributed by atoms with E-state index in [9.17, 15) is 17.9 Å². The predicted octanol–water partition coefficient (Wildman–Crippen LogP) is 2.01. The van der Waals surface area contributed by atoms with Crippen LogP contribution >= 0.6 is 11.6 Å². The molecular formula is C12H15ClFNO3S. The maximum Gasteiger partial charge on any atom is 0.243 e. The molecule has 1 heterocycles. The van der Waals surface area contributed by atoms with Crippen LogP contribution in [0.1, 0.15) is 19.8 Å². The summed E-state index contributed by atoms with van der Waals surface area (Å²) in [6, 6.07) is 3.34. The van der Waals surface area contributed by atoms with Crippen molar-refractivity contribution in [3.63, 3.8) is 0 Å². The Balaban J connectivity index is 2.25. The van der Waals surface area contributed by atoms with Crippen LogP contribution < -0.4 is 0 Å². The van der Waals surface area contributed by atoms with Gasteiger partial charge in [-0.3, -0.25) is 0 Å². The van der Waals surface area contributed by atoms with Gasteiger partial charge in [0.2, 0.25) is 10.0 Å². The molecule has 4 nitrogen and oxygen atoms in total. The average Bonchev–Trinajstić information content (AvgIpc) is 2.32. The van der Waals surface area contributed by atoms with Crippen LogP contribution in [0.3, 0.4) is 0 Å². The van der Waals surface area contributed by atoms with Crippen LogP contribution in [0, 0.1) is 5.82 Å². The van der Waals surface area contributed by atoms with Gasteiger partial charge in [0, 0.05) is 13.1 Å². The summed E-state index contributed by atoms with van der Waals surface area (Å²) in [5.41, 5.74) is -0.827. The zero-order valence-electron chi connectivity index (χ0n) is 10.4. The van der Waals surface area contributed by atoms with E-state index in [-0.39, 0.29) is 23.0 Å². The number of benzene rings is 1. The zero-order valence-corrected chi connectivity index (χ0v) is 12.0. The minimum absolute atomic E-state index is 0.0274. The number of nitrogens with zero attached hydrogens (tertiary/aromatic N) is 1. The van der Waals surface area contributed by atoms with E-state index in [2.05, 4.69) is 0 Å². The van der Waals surface area contributed by atoms with Gasteiger partial charge in [0.15, 0.2) is 0 Å². The predicted molar refractivity (Wildman–Crippen MR) is 70.0 cm³/mol. The lowest BCUT2D eigenvalue weighted by Gasteiger charge is -2.34. The molecule has 0 bridgehead atoms. The largest absolute Gasteiger partial charge is 0.390 e. The molecule has 1 aliphatic rings. The third-order valence-electron chi connectivity index (χ3n) is 3.33. The van der Waals surface area contributed by atoms with Crippen LogP contribution in [-0.4, -0.2) is 36.5 Å². The molecule has 19 heavy (non-hydrogen) atoms. The maximum absolute atomic E-state index is 13.1. The molecule has 0 atom stereocenters. The van der Waals surface area contributed by atoms with Crippen molar-refractivity contribution in [2.45, 2.75) is 30.3 Å². The molecule has 1 N–H and O–H groups in total. The summed E-state index contributed by atoms with van der Waals surface area (Å²) in [6.45, 7) is 2.17. The van der Waals surface area contributed by atoms with Crippen molar-refractivity contribution >= 4 is 21.6 Å². The molecule has 0 spiro atoms. The molecule has 2 rings (SSSR count). The molecule has 0 saturated carbocycles. The van der Waals surface area contributed by atoms with Crippen molar-refractivity contribution in [3.8, 4) is 0 Å². The number of hydrogen-bond donors (Lipinski definition) is 1. The summed E-state index contributed by atoms with van der Waals surface area (Å²) >= 11 is 5.61. The molecule has 106 valence electrons. The summed E-state index contributed by atoms with van der Waals surface area (Å²) in [7, 11) is -3.68. The van der Waals surface area contributed by atoms with Crippen molar-refractivity contribution in [2.75, 3.05) is 13.1 Å². The van der Waals surface area contributed by atoms with E-state index in [0.717, 1.165) is 12.1 Å². The Labute approximate surface area is 116 Å². The van der Waals surface area contributed by atoms with Gasteiger partial charge >= 0.3 is 0 Å². The number of halogens is 2. The molecule has 1 aromatic rings. The third kappa shape index (κ3) is 3.08. The smallest absolute Gasteiger partial charge is 0.243 e. The van der Waals surface area contributed by atoms with Crippen LogP contribution in [0.4, 0.5) is 4.39 Å². The topological polar surface area (TPSA) is 57.6 Å². The van der Waals surface area contributed by atoms with Gasteiger partial charge in [-0.2, -0.15) is 4.31 Å². The van der Waals surface area contributed by atoms with E-state index in [4.69, 9.17) is 11.6 Å². The highest BCUT2D eigenvalue weighted by molar-refractivity contribution is 7.89. The molecule has 1 aliphatic heterocycles. The van der Waals surface area contributed by atoms with Crippen LogP contribution in [0.25, 0.3) is 0 Å². The fourth-order valence-corrected chi connectivity index (χ4v) is 3.71. The van der Waals surface area contributed by atoms with Gasteiger partial charge in [-0.05, 0) is 38.0 Å². The standard InChI is InChI=1S/C12H15ClFNO3S/c1-12(16)4-6-15(7-5-12)19(17,18)9-2-3-11(14)10(13)8-9/h2-3,8,16H,4-7H2,1H3. The third-order valence-corrected chi connectivity index (χ3v) is 5.51. The van der Waals surface area contributed by atoms with Gasteiger partial charge < -0.3 is 5.11 Å². The second kappa shape index (κ2) is 5.01. The highest BCUT2D eigenvalue weighted by Gasteiger charge is 2.34. The quantitative estimate of drug-likeness (QED) is 0.909. The summed E-state index contributed by atoms with van der Waals surface area (Å²) in [6.07, 6.45) is 0.752. The van der Waals surface area contributed by atoms with Crippen molar-refractivity contribution in [2.24, 2.45) is 0 Å². The minimum Gasteiger partial charge on any atom is -0.390 e. The van der Waals surface area contributed by atoms with Gasteiger partial charge in [-0.25, -0.2) is 12.8 Å². The molecule has 1 aromatic carbocycles. The molecular weight excluding hydrogens is 293 g/mol. The lowest BCUT2D eigenvalue weighted by Crippen LogP contribution is -2.45. The highest BCUT2D eigenvalue weighted by Crippen LogP contribution is 2.27. The van der Waals surface area contributed by atoms with Gasteiger partial charge in [0.25, 0.3) is 0 Å². The van der Waals surface area contributed by atoms with Gasteiger partial charge in [-0.1, -0.05) is 11.6 Å². The number of rotatable bonds is 2. The SMILES string of the molecule is CC1(O)CCN(S(=O)(=O)c2ccc(F)c(Cl)c2)CC1. The summed E-state index contributed by atoms with van der Waals surface area (Å²) in [5, 5.41) is 9.60. The Morgan fingerprint density at radius 2 is 1.95 bits per heavy atom. The minimum atomic E-state index is -3.68. The molecule has 7 heteroatoms. The lowest BCUT2D eigenvalue weighted by atomic mass is 9.95. The van der Waals surface area contributed by atoms with Crippen molar-refractivity contribution in [3.05, 3.63) is 29.0 Å². The van der Waals surface area contributed by atoms with Crippen molar-refractivity contribution in [1.82, 2.24) is 4.31 Å². The lowest BCUT2D eigenvalue weighted by molar-refractivity contribution is 0.0126. The normalized spacial score (nSPS) is 20.4. The van der Waals surface area contributed by atoms with Crippen molar-refractivity contribution in [1.29, 1.82) is 0 Å². The van der Waals surface area contributed by atoms with Gasteiger partial charge in [-0.15, -0.1) is 0 Å². The van der Waals surface area contributed by atoms with Gasteiger partial charge in [0.05, 0.1) is 15.5 Å². The fraction of sp³-hybridized carbons (Fsp3) is 0.500. The Bertz CT molecular complexity index is 579. The number of piperidine rings is 1. The molecule has 1 fully saturated rings. The van der Waals surface area contributed by atoms with Crippen LogP contribution in [0.2, 0.25) is 5.02 Å². The second-order valence-electron chi connectivity index (χ2n) is 4.98. The Morgan fingerprint density at radius 3 is 2.47 bits per heavy atom. The molecule has 0 unspecified atom stereocenters. The van der Waals surface area contributed by atoms with Crippen molar-refractivity contribution < 1.29 is 17.9 Å². The molecule has 0 aliphatic carbocycles. The first-order chi connectivity index (χ1) is 8.72. The molecule has 0 amide bonds. The molecule has 1 saturated heterocycles. The number of sulfonamides is 1. The second-order valence-corrected chi connectivity index (χ2v) is 7.32. The van der Waals surface area contributed by atoms with E-state index < -0.39 is 21.4 Å². The first-order valence-corrected chi connectivity index (χ1v) is 7.72. The first kappa shape index (κ1) is 14.7. The highest BCUT2D eigenvalue weighted by atomic mass is 35.5. The van der Waals surface area contributed by atoms with E-state index in [1.54, 1.807) is 6.92 Å².